The first kappa shape index (κ1) is 16.9. The standard InChI is InChI=1S/C16H21NO6/c1-16(2,3)23-15(20)17-11(8-14(18)19)6-10-4-5-12-13(7-10)22-9-21-12/h4-5,7,11H,6,8-9H2,1-3H3,(H,17,20)(H,18,19). The van der Waals surface area contributed by atoms with Gasteiger partial charge in [0.1, 0.15) is 5.60 Å². The van der Waals surface area contributed by atoms with Gasteiger partial charge in [0, 0.05) is 6.04 Å². The van der Waals surface area contributed by atoms with Crippen LogP contribution in [0.2, 0.25) is 0 Å². The van der Waals surface area contributed by atoms with Crippen molar-refractivity contribution >= 4 is 12.1 Å². The van der Waals surface area contributed by atoms with Gasteiger partial charge in [-0.15, -0.1) is 0 Å². The van der Waals surface area contributed by atoms with Crippen molar-refractivity contribution in [2.24, 2.45) is 0 Å². The van der Waals surface area contributed by atoms with E-state index < -0.39 is 23.7 Å². The molecule has 7 heteroatoms. The summed E-state index contributed by atoms with van der Waals surface area (Å²) in [5.41, 5.74) is 0.202. The number of carbonyl (C=O) groups is 2. The normalized spacial score (nSPS) is 14.2. The van der Waals surface area contributed by atoms with Crippen molar-refractivity contribution in [1.82, 2.24) is 5.32 Å². The molecule has 0 fully saturated rings. The number of alkyl carbamates (subject to hydrolysis) is 1. The average Bonchev–Trinajstić information content (AvgIpc) is 2.82. The van der Waals surface area contributed by atoms with E-state index in [9.17, 15) is 9.59 Å². The van der Waals surface area contributed by atoms with Gasteiger partial charge in [-0.25, -0.2) is 4.79 Å². The van der Waals surface area contributed by atoms with Crippen LogP contribution in [0.5, 0.6) is 11.5 Å². The number of carboxylic acids is 1. The van der Waals surface area contributed by atoms with Gasteiger partial charge in [-0.3, -0.25) is 4.79 Å². The molecule has 0 aromatic heterocycles. The van der Waals surface area contributed by atoms with E-state index in [0.29, 0.717) is 17.9 Å². The van der Waals surface area contributed by atoms with E-state index in [4.69, 9.17) is 19.3 Å². The van der Waals surface area contributed by atoms with Crippen LogP contribution in [-0.4, -0.2) is 35.6 Å². The van der Waals surface area contributed by atoms with Gasteiger partial charge in [0.15, 0.2) is 11.5 Å². The van der Waals surface area contributed by atoms with E-state index in [-0.39, 0.29) is 13.2 Å². The van der Waals surface area contributed by atoms with Gasteiger partial charge in [-0.05, 0) is 44.9 Å². The maximum atomic E-state index is 11.9. The van der Waals surface area contributed by atoms with Crippen molar-refractivity contribution in [3.8, 4) is 11.5 Å². The monoisotopic (exact) mass is 323 g/mol. The van der Waals surface area contributed by atoms with Gasteiger partial charge in [0.2, 0.25) is 6.79 Å². The van der Waals surface area contributed by atoms with Gasteiger partial charge in [-0.1, -0.05) is 6.07 Å². The van der Waals surface area contributed by atoms with Crippen LogP contribution in [0, 0.1) is 0 Å². The molecular formula is C16H21NO6. The number of carboxylic acid groups (broad SMARTS) is 1. The molecule has 1 atom stereocenters. The fourth-order valence-electron chi connectivity index (χ4n) is 2.21. The molecule has 0 saturated heterocycles. The first-order chi connectivity index (χ1) is 10.7. The molecule has 0 saturated carbocycles. The summed E-state index contributed by atoms with van der Waals surface area (Å²) in [5.74, 6) is 0.282. The van der Waals surface area contributed by atoms with E-state index in [0.717, 1.165) is 5.56 Å². The Morgan fingerprint density at radius 1 is 1.30 bits per heavy atom. The minimum Gasteiger partial charge on any atom is -0.481 e. The van der Waals surface area contributed by atoms with Gasteiger partial charge >= 0.3 is 12.1 Å². The van der Waals surface area contributed by atoms with E-state index >= 15 is 0 Å². The molecule has 0 radical (unpaired) electrons. The summed E-state index contributed by atoms with van der Waals surface area (Å²) < 4.78 is 15.7. The van der Waals surface area contributed by atoms with E-state index in [1.165, 1.54) is 0 Å². The molecule has 1 aromatic rings. The van der Waals surface area contributed by atoms with Gasteiger partial charge in [-0.2, -0.15) is 0 Å². The lowest BCUT2D eigenvalue weighted by molar-refractivity contribution is -0.137. The highest BCUT2D eigenvalue weighted by Gasteiger charge is 2.22. The minimum absolute atomic E-state index is 0.174. The van der Waals surface area contributed by atoms with Gasteiger partial charge in [0.05, 0.1) is 6.42 Å². The zero-order valence-corrected chi connectivity index (χ0v) is 13.4. The molecule has 0 aliphatic carbocycles. The predicted molar refractivity (Wildman–Crippen MR) is 81.7 cm³/mol. The number of fused-ring (bicyclic) bond motifs is 1. The highest BCUT2D eigenvalue weighted by Crippen LogP contribution is 2.32. The summed E-state index contributed by atoms with van der Waals surface area (Å²) in [7, 11) is 0. The summed E-state index contributed by atoms with van der Waals surface area (Å²) in [6.07, 6.45) is -0.486. The Kier molecular flexibility index (Phi) is 4.98. The Labute approximate surface area is 134 Å². The molecule has 126 valence electrons. The quantitative estimate of drug-likeness (QED) is 0.863. The lowest BCUT2D eigenvalue weighted by Crippen LogP contribution is -2.41. The number of aliphatic carboxylic acids is 1. The number of hydrogen-bond acceptors (Lipinski definition) is 5. The molecule has 2 N–H and O–H groups in total. The van der Waals surface area contributed by atoms with Crippen molar-refractivity contribution < 1.29 is 28.9 Å². The minimum atomic E-state index is -0.994. The fourth-order valence-corrected chi connectivity index (χ4v) is 2.21. The summed E-state index contributed by atoms with van der Waals surface area (Å²) in [6.45, 7) is 5.41. The van der Waals surface area contributed by atoms with Gasteiger partial charge in [0.25, 0.3) is 0 Å². The number of amides is 1. The van der Waals surface area contributed by atoms with Crippen LogP contribution in [0.25, 0.3) is 0 Å². The zero-order chi connectivity index (χ0) is 17.0. The third-order valence-electron chi connectivity index (χ3n) is 3.06. The lowest BCUT2D eigenvalue weighted by Gasteiger charge is -2.23. The Hall–Kier alpha value is -2.44. The molecule has 0 spiro atoms. The largest absolute Gasteiger partial charge is 0.481 e. The highest BCUT2D eigenvalue weighted by molar-refractivity contribution is 5.71. The maximum Gasteiger partial charge on any atom is 0.407 e. The van der Waals surface area contributed by atoms with Crippen molar-refractivity contribution in [3.63, 3.8) is 0 Å². The number of benzene rings is 1. The Bertz CT molecular complexity index is 593. The smallest absolute Gasteiger partial charge is 0.407 e. The number of rotatable bonds is 5. The van der Waals surface area contributed by atoms with Crippen LogP contribution >= 0.6 is 0 Å². The third kappa shape index (κ3) is 5.36. The first-order valence-corrected chi connectivity index (χ1v) is 7.33. The Balaban J connectivity index is 2.03. The average molecular weight is 323 g/mol. The molecule has 0 bridgehead atoms. The number of hydrogen-bond donors (Lipinski definition) is 2. The Morgan fingerprint density at radius 3 is 2.65 bits per heavy atom. The van der Waals surface area contributed by atoms with Crippen molar-refractivity contribution in [2.45, 2.75) is 45.3 Å². The third-order valence-corrected chi connectivity index (χ3v) is 3.06. The number of carbonyl (C=O) groups excluding carboxylic acids is 1. The topological polar surface area (TPSA) is 94.1 Å². The Morgan fingerprint density at radius 2 is 2.00 bits per heavy atom. The second-order valence-corrected chi connectivity index (χ2v) is 6.33. The second kappa shape index (κ2) is 6.76. The molecule has 23 heavy (non-hydrogen) atoms. The lowest BCUT2D eigenvalue weighted by atomic mass is 10.0. The molecule has 1 aliphatic rings. The molecule has 1 amide bonds. The number of nitrogens with one attached hydrogen (secondary N) is 1. The molecular weight excluding hydrogens is 302 g/mol. The molecule has 1 unspecified atom stereocenters. The maximum absolute atomic E-state index is 11.9. The number of ether oxygens (including phenoxy) is 3. The molecule has 7 nitrogen and oxygen atoms in total. The SMILES string of the molecule is CC(C)(C)OC(=O)NC(CC(=O)O)Cc1ccc2c(c1)OCO2. The summed E-state index contributed by atoms with van der Waals surface area (Å²) in [6, 6.07) is 4.79. The van der Waals surface area contributed by atoms with Gasteiger partial charge < -0.3 is 24.6 Å². The second-order valence-electron chi connectivity index (χ2n) is 6.33. The summed E-state index contributed by atoms with van der Waals surface area (Å²) in [4.78, 5) is 22.9. The zero-order valence-electron chi connectivity index (χ0n) is 13.4. The highest BCUT2D eigenvalue weighted by atomic mass is 16.7. The summed E-state index contributed by atoms with van der Waals surface area (Å²) in [5, 5.41) is 11.6. The first-order valence-electron chi connectivity index (χ1n) is 7.33. The fraction of sp³-hybridized carbons (Fsp3) is 0.500. The van der Waals surface area contributed by atoms with Crippen LogP contribution < -0.4 is 14.8 Å². The molecule has 1 aromatic carbocycles. The van der Waals surface area contributed by atoms with Crippen LogP contribution in [0.1, 0.15) is 32.8 Å². The van der Waals surface area contributed by atoms with Crippen LogP contribution in [0.15, 0.2) is 18.2 Å². The van der Waals surface area contributed by atoms with Crippen molar-refractivity contribution in [3.05, 3.63) is 23.8 Å². The van der Waals surface area contributed by atoms with E-state index in [1.807, 2.05) is 6.07 Å². The predicted octanol–water partition coefficient (Wildman–Crippen LogP) is 2.33. The van der Waals surface area contributed by atoms with E-state index in [2.05, 4.69) is 5.32 Å². The molecule has 2 rings (SSSR count). The van der Waals surface area contributed by atoms with Crippen molar-refractivity contribution in [2.75, 3.05) is 6.79 Å². The van der Waals surface area contributed by atoms with Crippen molar-refractivity contribution in [1.29, 1.82) is 0 Å². The summed E-state index contributed by atoms with van der Waals surface area (Å²) >= 11 is 0. The van der Waals surface area contributed by atoms with E-state index in [1.54, 1.807) is 32.9 Å². The molecule has 1 aliphatic heterocycles. The van der Waals surface area contributed by atoms with Crippen LogP contribution in [0.3, 0.4) is 0 Å². The van der Waals surface area contributed by atoms with Crippen LogP contribution in [-0.2, 0) is 16.0 Å². The molecule has 1 heterocycles. The van der Waals surface area contributed by atoms with Crippen LogP contribution in [0.4, 0.5) is 4.79 Å².